The number of carbonyl (C=O) groups is 1. The van der Waals surface area contributed by atoms with E-state index in [4.69, 9.17) is 5.11 Å². The van der Waals surface area contributed by atoms with Crippen molar-refractivity contribution in [1.29, 1.82) is 0 Å². The number of hydrogen-bond acceptors (Lipinski definition) is 2. The molecule has 1 atom stereocenters. The lowest BCUT2D eigenvalue weighted by Gasteiger charge is -2.38. The van der Waals surface area contributed by atoms with Crippen LogP contribution in [0.5, 0.6) is 0 Å². The fraction of sp³-hybridized carbons (Fsp3) is 0.923. The molecule has 0 amide bonds. The molecule has 1 aliphatic rings. The zero-order chi connectivity index (χ0) is 12.3. The second-order valence-electron chi connectivity index (χ2n) is 6.14. The van der Waals surface area contributed by atoms with Crippen LogP contribution >= 0.6 is 0 Å². The van der Waals surface area contributed by atoms with Crippen molar-refractivity contribution < 1.29 is 15.0 Å². The van der Waals surface area contributed by atoms with Crippen LogP contribution in [0.2, 0.25) is 0 Å². The number of hydrogen-bond donors (Lipinski definition) is 2. The van der Waals surface area contributed by atoms with Crippen molar-refractivity contribution in [2.24, 2.45) is 17.3 Å². The van der Waals surface area contributed by atoms with E-state index in [1.165, 1.54) is 0 Å². The lowest BCUT2D eigenvalue weighted by atomic mass is 9.68. The zero-order valence-electron chi connectivity index (χ0n) is 10.6. The molecule has 0 aromatic rings. The molecule has 2 N–H and O–H groups in total. The predicted molar refractivity (Wildman–Crippen MR) is 63.2 cm³/mol. The van der Waals surface area contributed by atoms with Gasteiger partial charge in [0.2, 0.25) is 0 Å². The van der Waals surface area contributed by atoms with Crippen LogP contribution < -0.4 is 0 Å². The van der Waals surface area contributed by atoms with Gasteiger partial charge in [-0.15, -0.1) is 0 Å². The van der Waals surface area contributed by atoms with E-state index in [0.717, 1.165) is 25.7 Å². The topological polar surface area (TPSA) is 57.5 Å². The molecule has 1 saturated carbocycles. The van der Waals surface area contributed by atoms with Crippen LogP contribution in [0.4, 0.5) is 0 Å². The molecule has 16 heavy (non-hydrogen) atoms. The van der Waals surface area contributed by atoms with E-state index in [2.05, 4.69) is 20.8 Å². The summed E-state index contributed by atoms with van der Waals surface area (Å²) in [5.41, 5.74) is 0.336. The Morgan fingerprint density at radius 1 is 1.25 bits per heavy atom. The summed E-state index contributed by atoms with van der Waals surface area (Å²) in [6.07, 6.45) is 3.41. The van der Waals surface area contributed by atoms with Crippen LogP contribution in [-0.2, 0) is 4.79 Å². The fourth-order valence-corrected chi connectivity index (χ4v) is 2.72. The number of aliphatic carboxylic acids is 1. The lowest BCUT2D eigenvalue weighted by molar-refractivity contribution is -0.140. The molecule has 0 aromatic carbocycles. The van der Waals surface area contributed by atoms with Crippen molar-refractivity contribution in [1.82, 2.24) is 0 Å². The van der Waals surface area contributed by atoms with Crippen LogP contribution in [0.1, 0.15) is 52.9 Å². The van der Waals surface area contributed by atoms with Crippen molar-refractivity contribution in [2.75, 3.05) is 0 Å². The molecule has 0 spiro atoms. The molecular formula is C13H24O3. The Labute approximate surface area is 97.9 Å². The Hall–Kier alpha value is -0.570. The average Bonchev–Trinajstić information content (AvgIpc) is 2.15. The largest absolute Gasteiger partial charge is 0.481 e. The summed E-state index contributed by atoms with van der Waals surface area (Å²) < 4.78 is 0. The summed E-state index contributed by atoms with van der Waals surface area (Å²) in [6, 6.07) is 0. The minimum absolute atomic E-state index is 0.106. The number of carboxylic acid groups (broad SMARTS) is 1. The van der Waals surface area contributed by atoms with Crippen LogP contribution in [-0.4, -0.2) is 22.3 Å². The molecule has 0 saturated heterocycles. The molecule has 0 bridgehead atoms. The van der Waals surface area contributed by atoms with Crippen molar-refractivity contribution in [3.05, 3.63) is 0 Å². The quantitative estimate of drug-likeness (QED) is 0.780. The molecule has 0 aromatic heterocycles. The van der Waals surface area contributed by atoms with Gasteiger partial charge in [-0.3, -0.25) is 4.79 Å². The van der Waals surface area contributed by atoms with Crippen LogP contribution in [0, 0.1) is 17.3 Å². The first-order chi connectivity index (χ1) is 7.30. The van der Waals surface area contributed by atoms with Crippen molar-refractivity contribution in [3.63, 3.8) is 0 Å². The summed E-state index contributed by atoms with van der Waals surface area (Å²) in [4.78, 5) is 10.5. The van der Waals surface area contributed by atoms with E-state index in [1.807, 2.05) is 0 Å². The average molecular weight is 228 g/mol. The highest BCUT2D eigenvalue weighted by Crippen LogP contribution is 2.40. The highest BCUT2D eigenvalue weighted by molar-refractivity contribution is 5.67. The summed E-state index contributed by atoms with van der Waals surface area (Å²) in [7, 11) is 0. The SMILES string of the molecule is CC(C)(C)C1CCC(C(O)CC(=O)O)CC1. The van der Waals surface area contributed by atoms with Crippen molar-refractivity contribution >= 4 is 5.97 Å². The minimum atomic E-state index is -0.898. The van der Waals surface area contributed by atoms with Gasteiger partial charge in [-0.1, -0.05) is 20.8 Å². The Kier molecular flexibility index (Phi) is 4.36. The molecule has 3 heteroatoms. The molecule has 1 rings (SSSR count). The summed E-state index contributed by atoms with van der Waals surface area (Å²) in [5, 5.41) is 18.4. The predicted octanol–water partition coefficient (Wildman–Crippen LogP) is 2.67. The van der Waals surface area contributed by atoms with Crippen LogP contribution in [0.25, 0.3) is 0 Å². The smallest absolute Gasteiger partial charge is 0.305 e. The van der Waals surface area contributed by atoms with Crippen LogP contribution in [0.3, 0.4) is 0 Å². The fourth-order valence-electron chi connectivity index (χ4n) is 2.72. The van der Waals surface area contributed by atoms with Gasteiger partial charge in [-0.05, 0) is 42.9 Å². The summed E-state index contributed by atoms with van der Waals surface area (Å²) in [6.45, 7) is 6.77. The first-order valence-corrected chi connectivity index (χ1v) is 6.20. The van der Waals surface area contributed by atoms with Gasteiger partial charge < -0.3 is 10.2 Å². The van der Waals surface area contributed by atoms with Gasteiger partial charge in [-0.2, -0.15) is 0 Å². The lowest BCUT2D eigenvalue weighted by Crippen LogP contribution is -2.31. The van der Waals surface area contributed by atoms with Gasteiger partial charge in [0.1, 0.15) is 0 Å². The van der Waals surface area contributed by atoms with E-state index in [1.54, 1.807) is 0 Å². The summed E-state index contributed by atoms with van der Waals surface area (Å²) >= 11 is 0. The van der Waals surface area contributed by atoms with Crippen molar-refractivity contribution in [2.45, 2.75) is 59.0 Å². The second kappa shape index (κ2) is 5.17. The molecule has 1 fully saturated rings. The third-order valence-corrected chi connectivity index (χ3v) is 3.92. The van der Waals surface area contributed by atoms with E-state index < -0.39 is 12.1 Å². The third-order valence-electron chi connectivity index (χ3n) is 3.92. The number of rotatable bonds is 3. The van der Waals surface area contributed by atoms with Gasteiger partial charge in [0.25, 0.3) is 0 Å². The molecular weight excluding hydrogens is 204 g/mol. The molecule has 3 nitrogen and oxygen atoms in total. The molecule has 1 unspecified atom stereocenters. The summed E-state index contributed by atoms with van der Waals surface area (Å²) in [5.74, 6) is 0.000855. The number of aliphatic hydroxyl groups is 1. The molecule has 1 aliphatic carbocycles. The first kappa shape index (κ1) is 13.5. The maximum atomic E-state index is 10.5. The Morgan fingerprint density at radius 3 is 2.12 bits per heavy atom. The monoisotopic (exact) mass is 228 g/mol. The van der Waals surface area contributed by atoms with Gasteiger partial charge in [0.15, 0.2) is 0 Å². The van der Waals surface area contributed by atoms with E-state index in [-0.39, 0.29) is 12.3 Å². The minimum Gasteiger partial charge on any atom is -0.481 e. The van der Waals surface area contributed by atoms with Crippen molar-refractivity contribution in [3.8, 4) is 0 Å². The van der Waals surface area contributed by atoms with Gasteiger partial charge >= 0.3 is 5.97 Å². The van der Waals surface area contributed by atoms with Gasteiger partial charge in [-0.25, -0.2) is 0 Å². The normalized spacial score (nSPS) is 28.8. The Bertz CT molecular complexity index is 234. The molecule has 94 valence electrons. The van der Waals surface area contributed by atoms with E-state index in [0.29, 0.717) is 11.3 Å². The third kappa shape index (κ3) is 3.78. The highest BCUT2D eigenvalue weighted by atomic mass is 16.4. The van der Waals surface area contributed by atoms with E-state index >= 15 is 0 Å². The zero-order valence-corrected chi connectivity index (χ0v) is 10.6. The van der Waals surface area contributed by atoms with Gasteiger partial charge in [0.05, 0.1) is 12.5 Å². The standard InChI is InChI=1S/C13H24O3/c1-13(2,3)10-6-4-9(5-7-10)11(14)8-12(15)16/h9-11,14H,4-8H2,1-3H3,(H,15,16). The molecule has 0 radical (unpaired) electrons. The Morgan fingerprint density at radius 2 is 1.75 bits per heavy atom. The maximum absolute atomic E-state index is 10.5. The first-order valence-electron chi connectivity index (χ1n) is 6.20. The van der Waals surface area contributed by atoms with E-state index in [9.17, 15) is 9.90 Å². The second-order valence-corrected chi connectivity index (χ2v) is 6.14. The van der Waals surface area contributed by atoms with Gasteiger partial charge in [0, 0.05) is 0 Å². The Balaban J connectivity index is 2.40. The molecule has 0 aliphatic heterocycles. The van der Waals surface area contributed by atoms with Crippen LogP contribution in [0.15, 0.2) is 0 Å². The maximum Gasteiger partial charge on any atom is 0.305 e. The number of aliphatic hydroxyl groups excluding tert-OH is 1. The highest BCUT2D eigenvalue weighted by Gasteiger charge is 2.32. The number of carboxylic acids is 1. The molecule has 0 heterocycles.